The van der Waals surface area contributed by atoms with Crippen molar-refractivity contribution in [3.63, 3.8) is 0 Å². The van der Waals surface area contributed by atoms with Crippen molar-refractivity contribution in [1.29, 1.82) is 0 Å². The van der Waals surface area contributed by atoms with Crippen LogP contribution in [-0.2, 0) is 4.74 Å². The van der Waals surface area contributed by atoms with Crippen molar-refractivity contribution in [2.24, 2.45) is 5.73 Å². The first kappa shape index (κ1) is 15.9. The zero-order valence-electron chi connectivity index (χ0n) is 8.74. The van der Waals surface area contributed by atoms with Crippen molar-refractivity contribution >= 4 is 18.5 Å². The zero-order chi connectivity index (χ0) is 10.5. The molecule has 14 heavy (non-hydrogen) atoms. The van der Waals surface area contributed by atoms with Gasteiger partial charge in [0.2, 0.25) is 0 Å². The highest BCUT2D eigenvalue weighted by Gasteiger charge is 2.18. The van der Waals surface area contributed by atoms with Crippen LogP contribution in [-0.4, -0.2) is 36.0 Å². The molecule has 0 aromatic rings. The Balaban J connectivity index is 0. The molecule has 0 aliphatic heterocycles. The zero-order valence-corrected chi connectivity index (χ0v) is 9.56. The molecular formula is C8H19ClN2O3. The number of carbonyl (C=O) groups is 1. The van der Waals surface area contributed by atoms with Gasteiger partial charge in [-0.15, -0.1) is 12.4 Å². The predicted molar refractivity (Wildman–Crippen MR) is 56.5 cm³/mol. The number of carbonyl (C=O) groups excluding carboxylic acids is 1. The molecule has 0 radical (unpaired) electrons. The Hall–Kier alpha value is -0.520. The number of hydrogen-bond donors (Lipinski definition) is 3. The molecule has 6 heteroatoms. The van der Waals surface area contributed by atoms with Crippen LogP contribution in [0.2, 0.25) is 0 Å². The molecule has 0 aliphatic carbocycles. The SMILES string of the molecule is CC(C)(C)OC(=O)NC(CN)CO.Cl. The van der Waals surface area contributed by atoms with Gasteiger partial charge in [0.15, 0.2) is 0 Å². The Kier molecular flexibility index (Phi) is 7.81. The van der Waals surface area contributed by atoms with Crippen LogP contribution in [0.25, 0.3) is 0 Å². The van der Waals surface area contributed by atoms with E-state index >= 15 is 0 Å². The van der Waals surface area contributed by atoms with Crippen LogP contribution >= 0.6 is 12.4 Å². The van der Waals surface area contributed by atoms with E-state index in [9.17, 15) is 4.79 Å². The number of nitrogens with one attached hydrogen (secondary N) is 1. The minimum absolute atomic E-state index is 0. The van der Waals surface area contributed by atoms with Gasteiger partial charge in [0.25, 0.3) is 0 Å². The molecule has 0 bridgehead atoms. The Morgan fingerprint density at radius 2 is 2.07 bits per heavy atom. The van der Waals surface area contributed by atoms with Gasteiger partial charge in [0, 0.05) is 6.54 Å². The summed E-state index contributed by atoms with van der Waals surface area (Å²) in [4.78, 5) is 11.1. The number of amides is 1. The highest BCUT2D eigenvalue weighted by Crippen LogP contribution is 2.06. The summed E-state index contributed by atoms with van der Waals surface area (Å²) in [5.74, 6) is 0. The van der Waals surface area contributed by atoms with Gasteiger partial charge in [-0.3, -0.25) is 0 Å². The van der Waals surface area contributed by atoms with E-state index in [0.29, 0.717) is 0 Å². The third-order valence-electron chi connectivity index (χ3n) is 1.23. The summed E-state index contributed by atoms with van der Waals surface area (Å²) in [5, 5.41) is 11.2. The van der Waals surface area contributed by atoms with E-state index < -0.39 is 17.7 Å². The van der Waals surface area contributed by atoms with Crippen LogP contribution in [0.4, 0.5) is 4.79 Å². The molecule has 0 aliphatic rings. The minimum Gasteiger partial charge on any atom is -0.444 e. The van der Waals surface area contributed by atoms with E-state index in [1.54, 1.807) is 20.8 Å². The second-order valence-corrected chi connectivity index (χ2v) is 3.76. The number of halogens is 1. The third-order valence-corrected chi connectivity index (χ3v) is 1.23. The molecule has 0 fully saturated rings. The molecule has 5 nitrogen and oxygen atoms in total. The van der Waals surface area contributed by atoms with E-state index in [1.807, 2.05) is 0 Å². The fourth-order valence-corrected chi connectivity index (χ4v) is 0.653. The van der Waals surface area contributed by atoms with Crippen LogP contribution < -0.4 is 11.1 Å². The molecule has 1 unspecified atom stereocenters. The number of rotatable bonds is 3. The summed E-state index contributed by atoms with van der Waals surface area (Å²) in [6, 6.07) is -0.435. The fraction of sp³-hybridized carbons (Fsp3) is 0.875. The maximum Gasteiger partial charge on any atom is 0.407 e. The number of alkyl carbamates (subject to hydrolysis) is 1. The maximum absolute atomic E-state index is 11.1. The largest absolute Gasteiger partial charge is 0.444 e. The lowest BCUT2D eigenvalue weighted by atomic mass is 10.2. The van der Waals surface area contributed by atoms with Gasteiger partial charge in [0.1, 0.15) is 5.60 Å². The van der Waals surface area contributed by atoms with Gasteiger partial charge in [-0.2, -0.15) is 0 Å². The number of aliphatic hydroxyl groups is 1. The monoisotopic (exact) mass is 226 g/mol. The standard InChI is InChI=1S/C8H18N2O3.ClH/c1-8(2,3)13-7(12)10-6(4-9)5-11;/h6,11H,4-5,9H2,1-3H3,(H,10,12);1H. The van der Waals surface area contributed by atoms with Gasteiger partial charge in [-0.1, -0.05) is 0 Å². The quantitative estimate of drug-likeness (QED) is 0.644. The lowest BCUT2D eigenvalue weighted by Gasteiger charge is -2.22. The van der Waals surface area contributed by atoms with Crippen LogP contribution in [0.5, 0.6) is 0 Å². The molecule has 1 atom stereocenters. The number of hydrogen-bond acceptors (Lipinski definition) is 4. The lowest BCUT2D eigenvalue weighted by molar-refractivity contribution is 0.0485. The lowest BCUT2D eigenvalue weighted by Crippen LogP contribution is -2.44. The summed E-state index contributed by atoms with van der Waals surface area (Å²) in [6.45, 7) is 5.31. The van der Waals surface area contributed by atoms with Gasteiger partial charge < -0.3 is 20.9 Å². The van der Waals surface area contributed by atoms with Crippen LogP contribution in [0.3, 0.4) is 0 Å². The second kappa shape index (κ2) is 6.86. The topological polar surface area (TPSA) is 84.6 Å². The molecule has 0 saturated heterocycles. The Bertz CT molecular complexity index is 166. The molecule has 0 aromatic carbocycles. The van der Waals surface area contributed by atoms with Crippen molar-refractivity contribution in [3.8, 4) is 0 Å². The summed E-state index contributed by atoms with van der Waals surface area (Å²) < 4.78 is 4.96. The van der Waals surface area contributed by atoms with E-state index in [-0.39, 0.29) is 25.6 Å². The van der Waals surface area contributed by atoms with E-state index in [1.165, 1.54) is 0 Å². The third kappa shape index (κ3) is 8.10. The van der Waals surface area contributed by atoms with Gasteiger partial charge in [-0.05, 0) is 20.8 Å². The van der Waals surface area contributed by atoms with Crippen LogP contribution in [0, 0.1) is 0 Å². The summed E-state index contributed by atoms with van der Waals surface area (Å²) in [5.41, 5.74) is 4.74. The molecule has 0 aromatic heterocycles. The van der Waals surface area contributed by atoms with Crippen molar-refractivity contribution in [3.05, 3.63) is 0 Å². The number of aliphatic hydroxyl groups excluding tert-OH is 1. The molecule has 1 amide bonds. The molecular weight excluding hydrogens is 208 g/mol. The summed E-state index contributed by atoms with van der Waals surface area (Å²) in [6.07, 6.45) is -0.558. The minimum atomic E-state index is -0.558. The van der Waals surface area contributed by atoms with E-state index in [0.717, 1.165) is 0 Å². The van der Waals surface area contributed by atoms with Crippen molar-refractivity contribution < 1.29 is 14.6 Å². The first-order chi connectivity index (χ1) is 5.89. The van der Waals surface area contributed by atoms with Gasteiger partial charge in [0.05, 0.1) is 12.6 Å². The predicted octanol–water partition coefficient (Wildman–Crippen LogP) is 0.253. The second-order valence-electron chi connectivity index (χ2n) is 3.76. The molecule has 0 rings (SSSR count). The van der Waals surface area contributed by atoms with Crippen molar-refractivity contribution in [2.75, 3.05) is 13.2 Å². The Morgan fingerprint density at radius 3 is 2.36 bits per heavy atom. The summed E-state index contributed by atoms with van der Waals surface area (Å²) in [7, 11) is 0. The van der Waals surface area contributed by atoms with Crippen LogP contribution in [0.15, 0.2) is 0 Å². The maximum atomic E-state index is 11.1. The average molecular weight is 227 g/mol. The van der Waals surface area contributed by atoms with Crippen molar-refractivity contribution in [2.45, 2.75) is 32.4 Å². The molecule has 0 heterocycles. The Morgan fingerprint density at radius 1 is 1.57 bits per heavy atom. The van der Waals surface area contributed by atoms with Crippen LogP contribution in [0.1, 0.15) is 20.8 Å². The molecule has 4 N–H and O–H groups in total. The van der Waals surface area contributed by atoms with Gasteiger partial charge >= 0.3 is 6.09 Å². The Labute approximate surface area is 90.4 Å². The molecule has 0 saturated carbocycles. The summed E-state index contributed by atoms with van der Waals surface area (Å²) >= 11 is 0. The number of ether oxygens (including phenoxy) is 1. The first-order valence-corrected chi connectivity index (χ1v) is 4.19. The average Bonchev–Trinajstić information content (AvgIpc) is 1.96. The smallest absolute Gasteiger partial charge is 0.407 e. The highest BCUT2D eigenvalue weighted by molar-refractivity contribution is 5.85. The fourth-order valence-electron chi connectivity index (χ4n) is 0.653. The van der Waals surface area contributed by atoms with E-state index in [4.69, 9.17) is 15.6 Å². The van der Waals surface area contributed by atoms with Gasteiger partial charge in [-0.25, -0.2) is 4.79 Å². The first-order valence-electron chi connectivity index (χ1n) is 4.19. The molecule has 86 valence electrons. The molecule has 0 spiro atoms. The number of nitrogens with two attached hydrogens (primary N) is 1. The highest BCUT2D eigenvalue weighted by atomic mass is 35.5. The van der Waals surface area contributed by atoms with Crippen molar-refractivity contribution in [1.82, 2.24) is 5.32 Å². The van der Waals surface area contributed by atoms with E-state index in [2.05, 4.69) is 5.32 Å². The normalized spacial score (nSPS) is 12.6.